The number of aryl methyl sites for hydroxylation is 1. The summed E-state index contributed by atoms with van der Waals surface area (Å²) in [7, 11) is 0. The maximum absolute atomic E-state index is 2.50. The highest BCUT2D eigenvalue weighted by atomic mass is 15.1. The average Bonchev–Trinajstić information content (AvgIpc) is 3.47. The van der Waals surface area contributed by atoms with Crippen molar-refractivity contribution in [1.82, 2.24) is 0 Å². The van der Waals surface area contributed by atoms with Gasteiger partial charge in [0.05, 0.1) is 0 Å². The molecule has 5 aliphatic carbocycles. The maximum Gasteiger partial charge on any atom is 0.0465 e. The Morgan fingerprint density at radius 2 is 0.947 bits per heavy atom. The summed E-state index contributed by atoms with van der Waals surface area (Å²) in [4.78, 5) is 2.50. The Kier molecular flexibility index (Phi) is 8.01. The normalized spacial score (nSPS) is 22.3. The van der Waals surface area contributed by atoms with Gasteiger partial charge in [-0.1, -0.05) is 141 Å². The third-order valence-electron chi connectivity index (χ3n) is 14.6. The van der Waals surface area contributed by atoms with E-state index in [-0.39, 0.29) is 5.41 Å². The Bertz CT molecular complexity index is 2590. The van der Waals surface area contributed by atoms with E-state index in [4.69, 9.17) is 0 Å². The molecule has 1 nitrogen and oxygen atoms in total. The van der Waals surface area contributed by atoms with E-state index in [1.54, 1.807) is 5.56 Å². The summed E-state index contributed by atoms with van der Waals surface area (Å²) in [6.45, 7) is 7.05. The molecule has 4 bridgehead atoms. The van der Waals surface area contributed by atoms with Crippen LogP contribution in [0.15, 0.2) is 164 Å². The molecule has 57 heavy (non-hydrogen) atoms. The van der Waals surface area contributed by atoms with Gasteiger partial charge in [0.25, 0.3) is 0 Å². The van der Waals surface area contributed by atoms with Crippen LogP contribution in [0.4, 0.5) is 17.1 Å². The number of nitrogens with zero attached hydrogens (tertiary/aromatic N) is 1. The first-order chi connectivity index (χ1) is 27.8. The van der Waals surface area contributed by atoms with Crippen molar-refractivity contribution in [2.75, 3.05) is 4.90 Å². The monoisotopic (exact) mass is 737 g/mol. The van der Waals surface area contributed by atoms with Crippen LogP contribution in [0.5, 0.6) is 0 Å². The van der Waals surface area contributed by atoms with E-state index in [1.165, 1.54) is 117 Å². The molecule has 0 saturated heterocycles. The largest absolute Gasteiger partial charge is 0.310 e. The molecule has 4 saturated carbocycles. The van der Waals surface area contributed by atoms with Crippen LogP contribution in [-0.2, 0) is 10.8 Å². The Hall–Kier alpha value is -5.66. The molecule has 0 unspecified atom stereocenters. The number of rotatable bonds is 7. The molecule has 0 spiro atoms. The predicted molar refractivity (Wildman–Crippen MR) is 240 cm³/mol. The molecule has 1 heteroatoms. The molecule has 0 atom stereocenters. The Labute approximate surface area is 339 Å². The van der Waals surface area contributed by atoms with Crippen molar-refractivity contribution in [3.05, 3.63) is 186 Å². The Morgan fingerprint density at radius 1 is 0.439 bits per heavy atom. The van der Waals surface area contributed by atoms with Crippen LogP contribution in [0.1, 0.15) is 74.6 Å². The molecular weight excluding hydrogens is 687 g/mol. The second kappa shape index (κ2) is 13.2. The van der Waals surface area contributed by atoms with Crippen molar-refractivity contribution < 1.29 is 0 Å². The van der Waals surface area contributed by atoms with E-state index in [0.717, 1.165) is 17.8 Å². The first-order valence-electron chi connectivity index (χ1n) is 21.3. The van der Waals surface area contributed by atoms with Crippen molar-refractivity contribution in [2.45, 2.75) is 70.1 Å². The molecule has 12 rings (SSSR count). The molecule has 5 aliphatic rings. The number of hydrogen-bond acceptors (Lipinski definition) is 1. The topological polar surface area (TPSA) is 3.24 Å². The van der Waals surface area contributed by atoms with E-state index in [0.29, 0.717) is 5.41 Å². The summed E-state index contributed by atoms with van der Waals surface area (Å²) < 4.78 is 0. The van der Waals surface area contributed by atoms with E-state index >= 15 is 0 Å². The molecule has 0 aliphatic heterocycles. The minimum absolute atomic E-state index is 0.0790. The van der Waals surface area contributed by atoms with Gasteiger partial charge in [-0.25, -0.2) is 0 Å². The van der Waals surface area contributed by atoms with Gasteiger partial charge in [-0.15, -0.1) is 0 Å². The zero-order valence-electron chi connectivity index (χ0n) is 33.5. The average molecular weight is 738 g/mol. The van der Waals surface area contributed by atoms with E-state index in [9.17, 15) is 0 Å². The lowest BCUT2D eigenvalue weighted by Gasteiger charge is -2.57. The van der Waals surface area contributed by atoms with Crippen molar-refractivity contribution in [3.8, 4) is 44.5 Å². The highest BCUT2D eigenvalue weighted by molar-refractivity contribution is 5.92. The van der Waals surface area contributed by atoms with Gasteiger partial charge >= 0.3 is 0 Å². The van der Waals surface area contributed by atoms with Gasteiger partial charge in [-0.3, -0.25) is 0 Å². The third kappa shape index (κ3) is 5.65. The molecule has 0 heterocycles. The lowest BCUT2D eigenvalue weighted by molar-refractivity contribution is -0.00518. The smallest absolute Gasteiger partial charge is 0.0465 e. The maximum atomic E-state index is 2.50. The number of anilines is 3. The number of fused-ring (bicyclic) bond motifs is 3. The van der Waals surface area contributed by atoms with Crippen molar-refractivity contribution in [2.24, 2.45) is 17.8 Å². The highest BCUT2D eigenvalue weighted by Crippen LogP contribution is 2.61. The summed E-state index contributed by atoms with van der Waals surface area (Å²) in [6.07, 6.45) is 8.59. The van der Waals surface area contributed by atoms with Crippen LogP contribution in [0, 0.1) is 24.7 Å². The Morgan fingerprint density at radius 3 is 1.54 bits per heavy atom. The summed E-state index contributed by atoms with van der Waals surface area (Å²) in [5, 5.41) is 0. The third-order valence-corrected chi connectivity index (χ3v) is 14.6. The lowest BCUT2D eigenvalue weighted by atomic mass is 9.48. The fraction of sp³-hybridized carbons (Fsp3) is 0.250. The van der Waals surface area contributed by atoms with E-state index in [2.05, 4.69) is 189 Å². The van der Waals surface area contributed by atoms with Crippen LogP contribution in [0.2, 0.25) is 0 Å². The zero-order valence-corrected chi connectivity index (χ0v) is 33.5. The number of benzene rings is 7. The van der Waals surface area contributed by atoms with E-state index < -0.39 is 0 Å². The molecule has 7 aromatic carbocycles. The molecule has 0 amide bonds. The lowest BCUT2D eigenvalue weighted by Crippen LogP contribution is -2.48. The van der Waals surface area contributed by atoms with Crippen LogP contribution >= 0.6 is 0 Å². The molecule has 7 aromatic rings. The molecule has 0 aromatic heterocycles. The predicted octanol–water partition coefficient (Wildman–Crippen LogP) is 15.2. The van der Waals surface area contributed by atoms with Gasteiger partial charge in [-0.05, 0) is 172 Å². The standard InChI is InChI=1S/C56H51N/c1-37-12-11-19-52-54(37)51-29-28-46(33-53(51)55(52,2)3)57(45-26-22-43(23-27-45)56-34-38-30-39(35-56)32-40(31-38)36-56)44-24-20-42(21-25-44)48-16-8-10-18-50(48)49-17-9-7-15-47(49)41-13-5-4-6-14-41/h4-29,33,38-40H,30-32,34-36H2,1-3H3. The number of hydrogen-bond donors (Lipinski definition) is 0. The van der Waals surface area contributed by atoms with Crippen LogP contribution in [0.3, 0.4) is 0 Å². The van der Waals surface area contributed by atoms with Crippen LogP contribution in [0.25, 0.3) is 44.5 Å². The first-order valence-corrected chi connectivity index (χ1v) is 21.3. The van der Waals surface area contributed by atoms with Crippen molar-refractivity contribution in [3.63, 3.8) is 0 Å². The molecule has 280 valence electrons. The van der Waals surface area contributed by atoms with Gasteiger partial charge in [0, 0.05) is 22.5 Å². The van der Waals surface area contributed by atoms with E-state index in [1.807, 2.05) is 0 Å². The highest BCUT2D eigenvalue weighted by Gasteiger charge is 2.51. The molecule has 0 radical (unpaired) electrons. The minimum atomic E-state index is -0.0790. The van der Waals surface area contributed by atoms with Gasteiger partial charge in [-0.2, -0.15) is 0 Å². The second-order valence-electron chi connectivity index (χ2n) is 18.4. The van der Waals surface area contributed by atoms with Crippen LogP contribution < -0.4 is 4.90 Å². The second-order valence-corrected chi connectivity index (χ2v) is 18.4. The van der Waals surface area contributed by atoms with Crippen LogP contribution in [-0.4, -0.2) is 0 Å². The van der Waals surface area contributed by atoms with Gasteiger partial charge in [0.15, 0.2) is 0 Å². The summed E-state index contributed by atoms with van der Waals surface area (Å²) in [6, 6.07) is 61.7. The first kappa shape index (κ1) is 34.6. The summed E-state index contributed by atoms with van der Waals surface area (Å²) >= 11 is 0. The Balaban J connectivity index is 1.00. The van der Waals surface area contributed by atoms with Gasteiger partial charge in [0.2, 0.25) is 0 Å². The fourth-order valence-electron chi connectivity index (χ4n) is 12.3. The molecular formula is C56H51N. The molecule has 4 fully saturated rings. The van der Waals surface area contributed by atoms with Crippen molar-refractivity contribution in [1.29, 1.82) is 0 Å². The fourth-order valence-corrected chi connectivity index (χ4v) is 12.3. The van der Waals surface area contributed by atoms with Crippen molar-refractivity contribution >= 4 is 17.1 Å². The SMILES string of the molecule is Cc1cccc2c1-c1ccc(N(c3ccc(-c4ccccc4-c4ccccc4-c4ccccc4)cc3)c3ccc(C45CC6CC(CC(C6)C4)C5)cc3)cc1C2(C)C. The van der Waals surface area contributed by atoms with Gasteiger partial charge in [0.1, 0.15) is 0 Å². The molecule has 0 N–H and O–H groups in total. The minimum Gasteiger partial charge on any atom is -0.310 e. The zero-order chi connectivity index (χ0) is 38.3. The van der Waals surface area contributed by atoms with Gasteiger partial charge < -0.3 is 4.90 Å². The quantitative estimate of drug-likeness (QED) is 0.157. The summed E-state index contributed by atoms with van der Waals surface area (Å²) in [5.74, 6) is 2.81. The summed E-state index contributed by atoms with van der Waals surface area (Å²) in [5.41, 5.74) is 19.9.